The van der Waals surface area contributed by atoms with Crippen LogP contribution >= 0.6 is 0 Å². The van der Waals surface area contributed by atoms with Crippen LogP contribution in [0.1, 0.15) is 16.1 Å². The third-order valence-corrected chi connectivity index (χ3v) is 4.52. The second kappa shape index (κ2) is 7.11. The monoisotopic (exact) mass is 373 g/mol. The van der Waals surface area contributed by atoms with E-state index in [4.69, 9.17) is 4.74 Å². The first-order valence-corrected chi connectivity index (χ1v) is 8.74. The number of hydrogen-bond donors (Lipinski definition) is 1. The smallest absolute Gasteiger partial charge is 0.275 e. The van der Waals surface area contributed by atoms with Gasteiger partial charge in [-0.1, -0.05) is 12.1 Å². The molecule has 0 saturated carbocycles. The summed E-state index contributed by atoms with van der Waals surface area (Å²) in [6.45, 7) is 1.87. The van der Waals surface area contributed by atoms with Gasteiger partial charge >= 0.3 is 0 Å². The van der Waals surface area contributed by atoms with Crippen molar-refractivity contribution in [1.82, 2.24) is 19.7 Å². The van der Waals surface area contributed by atoms with Gasteiger partial charge in [0.1, 0.15) is 17.3 Å². The Morgan fingerprint density at radius 2 is 1.89 bits per heavy atom. The van der Waals surface area contributed by atoms with E-state index in [9.17, 15) is 4.79 Å². The molecule has 0 radical (unpaired) electrons. The zero-order valence-electron chi connectivity index (χ0n) is 15.8. The summed E-state index contributed by atoms with van der Waals surface area (Å²) in [5, 5.41) is 8.99. The summed E-state index contributed by atoms with van der Waals surface area (Å²) < 4.78 is 6.95. The third-order valence-electron chi connectivity index (χ3n) is 4.52. The lowest BCUT2D eigenvalue weighted by Gasteiger charge is -2.08. The molecule has 1 N–H and O–H groups in total. The van der Waals surface area contributed by atoms with Gasteiger partial charge in [-0.15, -0.1) is 0 Å². The van der Waals surface area contributed by atoms with Crippen molar-refractivity contribution in [1.29, 1.82) is 0 Å². The van der Waals surface area contributed by atoms with Crippen molar-refractivity contribution < 1.29 is 9.53 Å². The summed E-state index contributed by atoms with van der Waals surface area (Å²) in [6.07, 6.45) is 7.06. The maximum Gasteiger partial charge on any atom is 0.275 e. The van der Waals surface area contributed by atoms with E-state index in [0.29, 0.717) is 17.3 Å². The second-order valence-electron chi connectivity index (χ2n) is 6.53. The van der Waals surface area contributed by atoms with Gasteiger partial charge in [-0.05, 0) is 41.6 Å². The van der Waals surface area contributed by atoms with Crippen LogP contribution in [0.5, 0.6) is 5.75 Å². The van der Waals surface area contributed by atoms with Crippen LogP contribution in [0.4, 0.5) is 5.82 Å². The fraction of sp³-hybridized carbons (Fsp3) is 0.143. The topological polar surface area (TPSA) is 81.9 Å². The molecule has 0 aliphatic carbocycles. The first-order chi connectivity index (χ1) is 13.5. The minimum atomic E-state index is -0.319. The SMILES string of the molecule is COc1cnc(C(=O)Nc2cc3cc(-c4cnn(C)c4)ccc3cn2)cc1C. The normalized spacial score (nSPS) is 10.8. The number of anilines is 1. The molecule has 28 heavy (non-hydrogen) atoms. The van der Waals surface area contributed by atoms with Gasteiger partial charge in [0, 0.05) is 30.4 Å². The molecule has 0 saturated heterocycles. The number of rotatable bonds is 4. The number of pyridine rings is 2. The van der Waals surface area contributed by atoms with Crippen molar-refractivity contribution in [2.45, 2.75) is 6.92 Å². The number of nitrogens with zero attached hydrogens (tertiary/aromatic N) is 4. The number of nitrogens with one attached hydrogen (secondary N) is 1. The highest BCUT2D eigenvalue weighted by Gasteiger charge is 2.11. The maximum atomic E-state index is 12.5. The predicted molar refractivity (Wildman–Crippen MR) is 107 cm³/mol. The number of amides is 1. The Kier molecular flexibility index (Phi) is 4.49. The van der Waals surface area contributed by atoms with Gasteiger partial charge in [0.2, 0.25) is 0 Å². The van der Waals surface area contributed by atoms with Gasteiger partial charge < -0.3 is 10.1 Å². The van der Waals surface area contributed by atoms with Gasteiger partial charge in [0.15, 0.2) is 0 Å². The second-order valence-corrected chi connectivity index (χ2v) is 6.53. The van der Waals surface area contributed by atoms with Crippen LogP contribution in [0.2, 0.25) is 0 Å². The van der Waals surface area contributed by atoms with E-state index in [1.54, 1.807) is 24.1 Å². The lowest BCUT2D eigenvalue weighted by atomic mass is 10.1. The number of fused-ring (bicyclic) bond motifs is 1. The average Bonchev–Trinajstić information content (AvgIpc) is 3.13. The summed E-state index contributed by atoms with van der Waals surface area (Å²) in [6, 6.07) is 9.63. The van der Waals surface area contributed by atoms with E-state index >= 15 is 0 Å². The molecule has 7 nitrogen and oxygen atoms in total. The van der Waals surface area contributed by atoms with Crippen molar-refractivity contribution in [2.75, 3.05) is 12.4 Å². The Balaban J connectivity index is 1.61. The van der Waals surface area contributed by atoms with Crippen molar-refractivity contribution in [3.63, 3.8) is 0 Å². The molecular formula is C21H19N5O2. The van der Waals surface area contributed by atoms with Gasteiger partial charge in [-0.25, -0.2) is 9.97 Å². The fourth-order valence-corrected chi connectivity index (χ4v) is 3.02. The maximum absolute atomic E-state index is 12.5. The van der Waals surface area contributed by atoms with Crippen LogP contribution in [0, 0.1) is 6.92 Å². The van der Waals surface area contributed by atoms with Crippen LogP contribution in [0.3, 0.4) is 0 Å². The molecule has 0 fully saturated rings. The standard InChI is InChI=1S/C21H19N5O2/c1-13-6-18(22-11-19(13)28-3)21(27)25-20-8-16-7-14(4-5-15(16)9-23-20)17-10-24-26(2)12-17/h4-12H,1-3H3,(H,23,25,27). The van der Waals surface area contributed by atoms with Gasteiger partial charge in [0.05, 0.1) is 19.5 Å². The summed E-state index contributed by atoms with van der Waals surface area (Å²) in [7, 11) is 3.46. The summed E-state index contributed by atoms with van der Waals surface area (Å²) in [5.74, 6) is 0.792. The zero-order valence-corrected chi connectivity index (χ0v) is 15.8. The summed E-state index contributed by atoms with van der Waals surface area (Å²) >= 11 is 0. The van der Waals surface area contributed by atoms with E-state index in [0.717, 1.165) is 27.5 Å². The lowest BCUT2D eigenvalue weighted by molar-refractivity contribution is 0.102. The molecule has 0 spiro atoms. The number of hydrogen-bond acceptors (Lipinski definition) is 5. The average molecular weight is 373 g/mol. The largest absolute Gasteiger partial charge is 0.495 e. The lowest BCUT2D eigenvalue weighted by Crippen LogP contribution is -2.14. The first-order valence-electron chi connectivity index (χ1n) is 8.74. The van der Waals surface area contributed by atoms with E-state index < -0.39 is 0 Å². The molecule has 3 heterocycles. The molecule has 0 aliphatic rings. The van der Waals surface area contributed by atoms with E-state index in [1.165, 1.54) is 6.20 Å². The molecule has 4 rings (SSSR count). The van der Waals surface area contributed by atoms with E-state index in [2.05, 4.69) is 26.4 Å². The fourth-order valence-electron chi connectivity index (χ4n) is 3.02. The molecule has 140 valence electrons. The molecule has 3 aromatic heterocycles. The molecule has 1 aromatic carbocycles. The highest BCUT2D eigenvalue weighted by atomic mass is 16.5. The molecule has 1 amide bonds. The predicted octanol–water partition coefficient (Wildman–Crippen LogP) is 3.60. The number of aromatic nitrogens is 4. The van der Waals surface area contributed by atoms with Crippen LogP contribution < -0.4 is 10.1 Å². The van der Waals surface area contributed by atoms with Crippen molar-refractivity contribution >= 4 is 22.5 Å². The van der Waals surface area contributed by atoms with Crippen molar-refractivity contribution in [3.05, 3.63) is 66.4 Å². The van der Waals surface area contributed by atoms with E-state index in [-0.39, 0.29) is 5.91 Å². The van der Waals surface area contributed by atoms with Crippen LogP contribution in [-0.4, -0.2) is 32.8 Å². The minimum Gasteiger partial charge on any atom is -0.495 e. The number of carbonyl (C=O) groups excluding carboxylic acids is 1. The molecule has 0 bridgehead atoms. The molecule has 0 atom stereocenters. The quantitative estimate of drug-likeness (QED) is 0.591. The van der Waals surface area contributed by atoms with Gasteiger partial charge in [0.25, 0.3) is 5.91 Å². The molecular weight excluding hydrogens is 354 g/mol. The Hall–Kier alpha value is -3.74. The Bertz CT molecular complexity index is 1180. The summed E-state index contributed by atoms with van der Waals surface area (Å²) in [5.41, 5.74) is 3.24. The Morgan fingerprint density at radius 1 is 1.04 bits per heavy atom. The number of benzene rings is 1. The highest BCUT2D eigenvalue weighted by molar-refractivity contribution is 6.03. The molecule has 0 aliphatic heterocycles. The Labute approximate surface area is 162 Å². The number of ether oxygens (including phenoxy) is 1. The number of aryl methyl sites for hydroxylation is 2. The zero-order chi connectivity index (χ0) is 19.7. The molecule has 4 aromatic rings. The first kappa shape index (κ1) is 17.7. The minimum absolute atomic E-state index is 0.310. The van der Waals surface area contributed by atoms with Gasteiger partial charge in [-0.3, -0.25) is 9.48 Å². The number of carbonyl (C=O) groups is 1. The van der Waals surface area contributed by atoms with Crippen LogP contribution in [0.15, 0.2) is 55.1 Å². The summed E-state index contributed by atoms with van der Waals surface area (Å²) in [4.78, 5) is 21.0. The molecule has 7 heteroatoms. The third kappa shape index (κ3) is 3.42. The Morgan fingerprint density at radius 3 is 2.61 bits per heavy atom. The highest BCUT2D eigenvalue weighted by Crippen LogP contribution is 2.25. The van der Waals surface area contributed by atoms with Gasteiger partial charge in [-0.2, -0.15) is 5.10 Å². The van der Waals surface area contributed by atoms with Crippen LogP contribution in [0.25, 0.3) is 21.9 Å². The van der Waals surface area contributed by atoms with Crippen molar-refractivity contribution in [3.8, 4) is 16.9 Å². The van der Waals surface area contributed by atoms with Crippen molar-refractivity contribution in [2.24, 2.45) is 7.05 Å². The van der Waals surface area contributed by atoms with Crippen LogP contribution in [-0.2, 0) is 7.05 Å². The van der Waals surface area contributed by atoms with E-state index in [1.807, 2.05) is 44.6 Å². The number of methoxy groups -OCH3 is 1. The molecule has 0 unspecified atom stereocenters.